The smallest absolute Gasteiger partial charge is 0.344 e. The zero-order valence-electron chi connectivity index (χ0n) is 17.8. The first-order valence-electron chi connectivity index (χ1n) is 9.86. The Morgan fingerprint density at radius 3 is 2.62 bits per heavy atom. The molecule has 32 heavy (non-hydrogen) atoms. The third-order valence-electron chi connectivity index (χ3n) is 5.21. The van der Waals surface area contributed by atoms with E-state index in [1.165, 1.54) is 4.52 Å². The highest BCUT2D eigenvalue weighted by Crippen LogP contribution is 2.29. The molecule has 0 saturated carbocycles. The molecule has 160 valence electrons. The molecule has 0 aliphatic carbocycles. The lowest BCUT2D eigenvalue weighted by atomic mass is 10.2. The van der Waals surface area contributed by atoms with Gasteiger partial charge in [0.25, 0.3) is 5.91 Å². The number of aromatic nitrogens is 4. The Kier molecular flexibility index (Phi) is 5.43. The maximum Gasteiger partial charge on any atom is 0.344 e. The number of anilines is 1. The molecular formula is C23H20N6O3. The van der Waals surface area contributed by atoms with Gasteiger partial charge in [0.15, 0.2) is 12.3 Å². The molecule has 0 bridgehead atoms. The first kappa shape index (κ1) is 20.8. The molecule has 0 fully saturated rings. The van der Waals surface area contributed by atoms with Crippen LogP contribution in [0.2, 0.25) is 0 Å². The quantitative estimate of drug-likeness (QED) is 0.489. The van der Waals surface area contributed by atoms with Gasteiger partial charge in [0.2, 0.25) is 0 Å². The van der Waals surface area contributed by atoms with E-state index in [0.29, 0.717) is 22.7 Å². The SMILES string of the molecule is Cc1nn2cccnc2c1C(=O)OCC(=O)Nc1c(C#N)c(C)c(C)n1-c1ccccc1. The Morgan fingerprint density at radius 2 is 1.91 bits per heavy atom. The number of esters is 1. The van der Waals surface area contributed by atoms with Crippen LogP contribution in [0.1, 0.15) is 32.9 Å². The van der Waals surface area contributed by atoms with E-state index in [0.717, 1.165) is 16.9 Å². The van der Waals surface area contributed by atoms with Gasteiger partial charge in [0.05, 0.1) is 11.3 Å². The van der Waals surface area contributed by atoms with E-state index >= 15 is 0 Å². The number of fused-ring (bicyclic) bond motifs is 1. The van der Waals surface area contributed by atoms with Crippen molar-refractivity contribution in [2.45, 2.75) is 20.8 Å². The number of nitrogens with zero attached hydrogens (tertiary/aromatic N) is 5. The maximum absolute atomic E-state index is 12.7. The summed E-state index contributed by atoms with van der Waals surface area (Å²) in [6.45, 7) is 4.85. The normalized spacial score (nSPS) is 10.7. The molecule has 1 amide bonds. The Labute approximate surface area is 183 Å². The highest BCUT2D eigenvalue weighted by atomic mass is 16.5. The topological polar surface area (TPSA) is 114 Å². The Bertz CT molecular complexity index is 1380. The van der Waals surface area contributed by atoms with Crippen LogP contribution in [0.4, 0.5) is 5.82 Å². The molecular weight excluding hydrogens is 408 g/mol. The van der Waals surface area contributed by atoms with E-state index in [1.54, 1.807) is 30.0 Å². The van der Waals surface area contributed by atoms with Crippen molar-refractivity contribution in [2.24, 2.45) is 0 Å². The fraction of sp³-hybridized carbons (Fsp3) is 0.174. The number of hydrogen-bond donors (Lipinski definition) is 1. The van der Waals surface area contributed by atoms with E-state index in [-0.39, 0.29) is 5.56 Å². The molecule has 9 heteroatoms. The van der Waals surface area contributed by atoms with Crippen molar-refractivity contribution >= 4 is 23.3 Å². The minimum atomic E-state index is -0.697. The third-order valence-corrected chi connectivity index (χ3v) is 5.21. The summed E-state index contributed by atoms with van der Waals surface area (Å²) in [6, 6.07) is 13.2. The summed E-state index contributed by atoms with van der Waals surface area (Å²) in [5.74, 6) is -0.923. The van der Waals surface area contributed by atoms with Gasteiger partial charge in [-0.2, -0.15) is 10.4 Å². The fourth-order valence-electron chi connectivity index (χ4n) is 3.57. The molecule has 0 atom stereocenters. The first-order chi connectivity index (χ1) is 15.4. The Hall–Kier alpha value is -4.45. The van der Waals surface area contributed by atoms with Crippen molar-refractivity contribution in [3.05, 3.63) is 76.9 Å². The lowest BCUT2D eigenvalue weighted by Gasteiger charge is -2.13. The molecule has 0 unspecified atom stereocenters. The largest absolute Gasteiger partial charge is 0.452 e. The van der Waals surface area contributed by atoms with Crippen molar-refractivity contribution in [3.8, 4) is 11.8 Å². The van der Waals surface area contributed by atoms with Gasteiger partial charge in [-0.05, 0) is 44.5 Å². The summed E-state index contributed by atoms with van der Waals surface area (Å²) in [4.78, 5) is 29.4. The molecule has 0 saturated heterocycles. The zero-order chi connectivity index (χ0) is 22.8. The van der Waals surface area contributed by atoms with Gasteiger partial charge in [-0.1, -0.05) is 18.2 Å². The second kappa shape index (κ2) is 8.35. The van der Waals surface area contributed by atoms with Gasteiger partial charge in [-0.15, -0.1) is 0 Å². The number of amides is 1. The molecule has 4 aromatic rings. The second-order valence-corrected chi connectivity index (χ2v) is 7.19. The van der Waals surface area contributed by atoms with Crippen LogP contribution in [0.5, 0.6) is 0 Å². The van der Waals surface area contributed by atoms with E-state index < -0.39 is 18.5 Å². The average molecular weight is 428 g/mol. The summed E-state index contributed by atoms with van der Waals surface area (Å²) in [5, 5.41) is 16.6. The standard InChI is InChI=1S/C23H20N6O3/c1-14-16(3)29(17-8-5-4-6-9-17)21(18(14)12-24)26-19(30)13-32-23(31)20-15(2)27-28-11-7-10-25-22(20)28/h4-11H,13H2,1-3H3,(H,26,30). The predicted octanol–water partition coefficient (Wildman–Crippen LogP) is 3.11. The van der Waals surface area contributed by atoms with Gasteiger partial charge < -0.3 is 10.1 Å². The molecule has 0 aliphatic rings. The van der Waals surface area contributed by atoms with Crippen molar-refractivity contribution in [1.29, 1.82) is 5.26 Å². The summed E-state index contributed by atoms with van der Waals surface area (Å²) in [5.41, 5.74) is 3.75. The molecule has 0 aliphatic heterocycles. The summed E-state index contributed by atoms with van der Waals surface area (Å²) < 4.78 is 8.50. The summed E-state index contributed by atoms with van der Waals surface area (Å²) in [6.07, 6.45) is 3.22. The van der Waals surface area contributed by atoms with Crippen LogP contribution in [-0.2, 0) is 9.53 Å². The van der Waals surface area contributed by atoms with Crippen molar-refractivity contribution in [2.75, 3.05) is 11.9 Å². The van der Waals surface area contributed by atoms with Crippen molar-refractivity contribution in [3.63, 3.8) is 0 Å². The van der Waals surface area contributed by atoms with E-state index in [4.69, 9.17) is 4.74 Å². The minimum Gasteiger partial charge on any atom is -0.452 e. The molecule has 9 nitrogen and oxygen atoms in total. The van der Waals surface area contributed by atoms with E-state index in [2.05, 4.69) is 21.5 Å². The molecule has 1 N–H and O–H groups in total. The number of ether oxygens (including phenoxy) is 1. The average Bonchev–Trinajstić information content (AvgIpc) is 3.25. The number of benzene rings is 1. The Morgan fingerprint density at radius 1 is 1.16 bits per heavy atom. The number of aryl methyl sites for hydroxylation is 1. The predicted molar refractivity (Wildman–Crippen MR) is 117 cm³/mol. The number of rotatable bonds is 5. The van der Waals surface area contributed by atoms with E-state index in [9.17, 15) is 14.9 Å². The van der Waals surface area contributed by atoms with Crippen LogP contribution in [0.3, 0.4) is 0 Å². The van der Waals surface area contributed by atoms with Gasteiger partial charge in [0, 0.05) is 23.8 Å². The highest BCUT2D eigenvalue weighted by molar-refractivity contribution is 5.99. The lowest BCUT2D eigenvalue weighted by Crippen LogP contribution is -2.23. The first-order valence-corrected chi connectivity index (χ1v) is 9.86. The molecule has 3 heterocycles. The van der Waals surface area contributed by atoms with Crippen LogP contribution < -0.4 is 5.32 Å². The molecule has 0 radical (unpaired) electrons. The number of para-hydroxylation sites is 1. The van der Waals surface area contributed by atoms with Crippen LogP contribution in [0, 0.1) is 32.1 Å². The lowest BCUT2D eigenvalue weighted by molar-refractivity contribution is -0.119. The van der Waals surface area contributed by atoms with Gasteiger partial charge in [-0.3, -0.25) is 9.36 Å². The second-order valence-electron chi connectivity index (χ2n) is 7.19. The van der Waals surface area contributed by atoms with Crippen LogP contribution in [-0.4, -0.2) is 37.6 Å². The van der Waals surface area contributed by atoms with Gasteiger partial charge in [-0.25, -0.2) is 14.3 Å². The summed E-state index contributed by atoms with van der Waals surface area (Å²) >= 11 is 0. The molecule has 3 aromatic heterocycles. The number of nitrogens with one attached hydrogen (secondary N) is 1. The van der Waals surface area contributed by atoms with Crippen molar-refractivity contribution in [1.82, 2.24) is 19.2 Å². The monoisotopic (exact) mass is 428 g/mol. The molecule has 4 rings (SSSR count). The number of carbonyl (C=O) groups is 2. The fourth-order valence-corrected chi connectivity index (χ4v) is 3.57. The number of nitriles is 1. The summed E-state index contributed by atoms with van der Waals surface area (Å²) in [7, 11) is 0. The van der Waals surface area contributed by atoms with Crippen molar-refractivity contribution < 1.29 is 14.3 Å². The third kappa shape index (κ3) is 3.58. The van der Waals surface area contributed by atoms with E-state index in [1.807, 2.05) is 44.2 Å². The number of hydrogen-bond acceptors (Lipinski definition) is 6. The van der Waals surface area contributed by atoms with Crippen LogP contribution >= 0.6 is 0 Å². The molecule has 1 aromatic carbocycles. The highest BCUT2D eigenvalue weighted by Gasteiger charge is 2.23. The van der Waals surface area contributed by atoms with Crippen LogP contribution in [0.15, 0.2) is 48.8 Å². The maximum atomic E-state index is 12.7. The van der Waals surface area contributed by atoms with Gasteiger partial charge >= 0.3 is 5.97 Å². The molecule has 0 spiro atoms. The minimum absolute atomic E-state index is 0.204. The number of carbonyl (C=O) groups excluding carboxylic acids is 2. The van der Waals surface area contributed by atoms with Gasteiger partial charge in [0.1, 0.15) is 17.5 Å². The van der Waals surface area contributed by atoms with Crippen LogP contribution in [0.25, 0.3) is 11.3 Å². The zero-order valence-corrected chi connectivity index (χ0v) is 17.8. The Balaban J connectivity index is 1.56.